The maximum absolute atomic E-state index is 12.2. The molecular formula is C13H19N3O2. The quantitative estimate of drug-likeness (QED) is 0.854. The van der Waals surface area contributed by atoms with E-state index in [1.165, 1.54) is 7.11 Å². The van der Waals surface area contributed by atoms with Crippen molar-refractivity contribution in [2.24, 2.45) is 5.73 Å². The molecule has 1 aliphatic rings. The van der Waals surface area contributed by atoms with Crippen molar-refractivity contribution in [2.45, 2.75) is 37.6 Å². The van der Waals surface area contributed by atoms with Crippen LogP contribution in [0.1, 0.15) is 32.1 Å². The van der Waals surface area contributed by atoms with E-state index in [1.807, 2.05) is 0 Å². The van der Waals surface area contributed by atoms with Crippen LogP contribution < -0.4 is 15.8 Å². The number of nitrogens with one attached hydrogen (secondary N) is 1. The third-order valence-electron chi connectivity index (χ3n) is 3.41. The lowest BCUT2D eigenvalue weighted by Gasteiger charge is -2.31. The fraction of sp³-hybridized carbons (Fsp3) is 0.538. The molecule has 0 radical (unpaired) electrons. The topological polar surface area (TPSA) is 77.2 Å². The Morgan fingerprint density at radius 2 is 2.17 bits per heavy atom. The van der Waals surface area contributed by atoms with Gasteiger partial charge in [-0.25, -0.2) is 4.98 Å². The van der Waals surface area contributed by atoms with E-state index in [2.05, 4.69) is 10.3 Å². The first-order valence-corrected chi connectivity index (χ1v) is 6.25. The molecule has 1 aromatic rings. The number of carbonyl (C=O) groups excluding carboxylic acids is 1. The van der Waals surface area contributed by atoms with E-state index in [1.54, 1.807) is 18.3 Å². The largest absolute Gasteiger partial charge is 0.480 e. The maximum Gasteiger partial charge on any atom is 0.244 e. The van der Waals surface area contributed by atoms with Crippen molar-refractivity contribution >= 4 is 11.6 Å². The summed E-state index contributed by atoms with van der Waals surface area (Å²) in [7, 11) is 1.52. The van der Waals surface area contributed by atoms with E-state index >= 15 is 0 Å². The molecule has 1 aliphatic carbocycles. The highest BCUT2D eigenvalue weighted by Gasteiger charge is 2.35. The summed E-state index contributed by atoms with van der Waals surface area (Å²) in [6.07, 6.45) is 6.26. The summed E-state index contributed by atoms with van der Waals surface area (Å²) in [6.45, 7) is 0. The zero-order valence-corrected chi connectivity index (χ0v) is 10.6. The van der Waals surface area contributed by atoms with Crippen LogP contribution in [-0.4, -0.2) is 23.5 Å². The number of ether oxygens (including phenoxy) is 1. The van der Waals surface area contributed by atoms with Gasteiger partial charge in [-0.2, -0.15) is 0 Å². The average Bonchev–Trinajstić information content (AvgIpc) is 2.40. The molecule has 0 atom stereocenters. The molecule has 0 unspecified atom stereocenters. The second-order valence-corrected chi connectivity index (χ2v) is 4.73. The zero-order chi connectivity index (χ0) is 13.0. The highest BCUT2D eigenvalue weighted by atomic mass is 16.5. The number of nitrogens with zero attached hydrogens (tertiary/aromatic N) is 1. The molecular weight excluding hydrogens is 230 g/mol. The molecule has 3 N–H and O–H groups in total. The lowest BCUT2D eigenvalue weighted by Crippen LogP contribution is -2.52. The normalized spacial score (nSPS) is 18.1. The number of hydrogen-bond acceptors (Lipinski definition) is 4. The first kappa shape index (κ1) is 12.8. The number of anilines is 1. The molecule has 18 heavy (non-hydrogen) atoms. The minimum absolute atomic E-state index is 0.145. The van der Waals surface area contributed by atoms with Crippen LogP contribution in [0, 0.1) is 0 Å². The molecule has 0 spiro atoms. The number of carbonyl (C=O) groups is 1. The number of pyridine rings is 1. The van der Waals surface area contributed by atoms with Crippen molar-refractivity contribution in [3.63, 3.8) is 0 Å². The Balaban J connectivity index is 2.10. The van der Waals surface area contributed by atoms with Crippen molar-refractivity contribution in [1.82, 2.24) is 4.98 Å². The van der Waals surface area contributed by atoms with Crippen LogP contribution in [0.5, 0.6) is 5.88 Å². The molecule has 5 nitrogen and oxygen atoms in total. The number of rotatable bonds is 3. The van der Waals surface area contributed by atoms with Crippen LogP contribution in [-0.2, 0) is 4.79 Å². The standard InChI is InChI=1S/C13H19N3O2/c1-18-11-10(6-5-9-15-11)16-12(17)13(14)7-3-2-4-8-13/h5-6,9H,2-4,7-8,14H2,1H3,(H,16,17). The van der Waals surface area contributed by atoms with Gasteiger partial charge in [-0.15, -0.1) is 0 Å². The van der Waals surface area contributed by atoms with Crippen molar-refractivity contribution in [3.8, 4) is 5.88 Å². The van der Waals surface area contributed by atoms with Gasteiger partial charge in [0.2, 0.25) is 11.8 Å². The third-order valence-corrected chi connectivity index (χ3v) is 3.41. The number of hydrogen-bond donors (Lipinski definition) is 2. The summed E-state index contributed by atoms with van der Waals surface area (Å²) in [5.74, 6) is 0.263. The lowest BCUT2D eigenvalue weighted by atomic mass is 9.82. The van der Waals surface area contributed by atoms with Crippen LogP contribution in [0.2, 0.25) is 0 Å². The molecule has 5 heteroatoms. The van der Waals surface area contributed by atoms with Gasteiger partial charge in [0.1, 0.15) is 5.69 Å². The number of aromatic nitrogens is 1. The first-order valence-electron chi connectivity index (χ1n) is 6.25. The highest BCUT2D eigenvalue weighted by Crippen LogP contribution is 2.28. The number of methoxy groups -OCH3 is 1. The van der Waals surface area contributed by atoms with E-state index in [9.17, 15) is 4.79 Å². The van der Waals surface area contributed by atoms with Crippen LogP contribution >= 0.6 is 0 Å². The second-order valence-electron chi connectivity index (χ2n) is 4.73. The SMILES string of the molecule is COc1ncccc1NC(=O)C1(N)CCCCC1. The third kappa shape index (κ3) is 2.61. The van der Waals surface area contributed by atoms with Gasteiger partial charge >= 0.3 is 0 Å². The van der Waals surface area contributed by atoms with Crippen LogP contribution in [0.3, 0.4) is 0 Å². The predicted molar refractivity (Wildman–Crippen MR) is 69.4 cm³/mol. The molecule has 98 valence electrons. The Morgan fingerprint density at radius 3 is 2.83 bits per heavy atom. The van der Waals surface area contributed by atoms with Gasteiger partial charge in [0.25, 0.3) is 0 Å². The average molecular weight is 249 g/mol. The van der Waals surface area contributed by atoms with Crippen molar-refractivity contribution in [2.75, 3.05) is 12.4 Å². The molecule has 1 aromatic heterocycles. The van der Waals surface area contributed by atoms with Gasteiger partial charge in [0.05, 0.1) is 12.6 Å². The monoisotopic (exact) mass is 249 g/mol. The fourth-order valence-corrected chi connectivity index (χ4v) is 2.31. The fourth-order valence-electron chi connectivity index (χ4n) is 2.31. The molecule has 0 bridgehead atoms. The van der Waals surface area contributed by atoms with Crippen molar-refractivity contribution in [3.05, 3.63) is 18.3 Å². The van der Waals surface area contributed by atoms with Gasteiger partial charge < -0.3 is 15.8 Å². The summed E-state index contributed by atoms with van der Waals surface area (Å²) in [6, 6.07) is 3.51. The van der Waals surface area contributed by atoms with Gasteiger partial charge in [0.15, 0.2) is 0 Å². The Bertz CT molecular complexity index is 428. The second kappa shape index (κ2) is 5.35. The van der Waals surface area contributed by atoms with Crippen LogP contribution in [0.15, 0.2) is 18.3 Å². The molecule has 1 fully saturated rings. The zero-order valence-electron chi connectivity index (χ0n) is 10.6. The van der Waals surface area contributed by atoms with E-state index in [-0.39, 0.29) is 5.91 Å². The van der Waals surface area contributed by atoms with E-state index < -0.39 is 5.54 Å². The summed E-state index contributed by atoms with van der Waals surface area (Å²) >= 11 is 0. The Labute approximate surface area is 107 Å². The van der Waals surface area contributed by atoms with Gasteiger partial charge in [0, 0.05) is 6.20 Å². The number of amides is 1. The molecule has 1 amide bonds. The van der Waals surface area contributed by atoms with Crippen LogP contribution in [0.25, 0.3) is 0 Å². The molecule has 2 rings (SSSR count). The van der Waals surface area contributed by atoms with Gasteiger partial charge in [-0.1, -0.05) is 19.3 Å². The molecule has 1 saturated carbocycles. The minimum atomic E-state index is -0.751. The molecule has 1 heterocycles. The summed E-state index contributed by atoms with van der Waals surface area (Å²) in [4.78, 5) is 16.3. The predicted octanol–water partition coefficient (Wildman–Crippen LogP) is 1.69. The summed E-state index contributed by atoms with van der Waals surface area (Å²) in [5.41, 5.74) is 5.99. The lowest BCUT2D eigenvalue weighted by molar-refractivity contribution is -0.122. The van der Waals surface area contributed by atoms with Gasteiger partial charge in [-0.05, 0) is 25.0 Å². The first-order chi connectivity index (χ1) is 8.65. The minimum Gasteiger partial charge on any atom is -0.480 e. The van der Waals surface area contributed by atoms with Crippen molar-refractivity contribution in [1.29, 1.82) is 0 Å². The van der Waals surface area contributed by atoms with Crippen LogP contribution in [0.4, 0.5) is 5.69 Å². The van der Waals surface area contributed by atoms with E-state index in [4.69, 9.17) is 10.5 Å². The summed E-state index contributed by atoms with van der Waals surface area (Å²) in [5, 5.41) is 2.82. The maximum atomic E-state index is 12.2. The summed E-state index contributed by atoms with van der Waals surface area (Å²) < 4.78 is 5.10. The van der Waals surface area contributed by atoms with Gasteiger partial charge in [-0.3, -0.25) is 4.79 Å². The molecule has 0 aliphatic heterocycles. The Kier molecular flexibility index (Phi) is 3.81. The Hall–Kier alpha value is -1.62. The van der Waals surface area contributed by atoms with E-state index in [0.29, 0.717) is 11.6 Å². The smallest absolute Gasteiger partial charge is 0.244 e. The van der Waals surface area contributed by atoms with Crippen molar-refractivity contribution < 1.29 is 9.53 Å². The highest BCUT2D eigenvalue weighted by molar-refractivity contribution is 5.98. The molecule has 0 saturated heterocycles. The number of nitrogens with two attached hydrogens (primary N) is 1. The Morgan fingerprint density at radius 1 is 1.44 bits per heavy atom. The van der Waals surface area contributed by atoms with E-state index in [0.717, 1.165) is 32.1 Å². The molecule has 0 aromatic carbocycles.